The quantitative estimate of drug-likeness (QED) is 0.513. The topological polar surface area (TPSA) is 56.6 Å². The van der Waals surface area contributed by atoms with Gasteiger partial charge >= 0.3 is 0 Å². The highest BCUT2D eigenvalue weighted by Crippen LogP contribution is 2.10. The van der Waals surface area contributed by atoms with Crippen molar-refractivity contribution in [2.24, 2.45) is 0 Å². The Morgan fingerprint density at radius 1 is 1.67 bits per heavy atom. The van der Waals surface area contributed by atoms with Crippen molar-refractivity contribution < 1.29 is 5.11 Å². The molecule has 0 bridgehead atoms. The van der Waals surface area contributed by atoms with Crippen LogP contribution in [0.4, 0.5) is 0 Å². The smallest absolute Gasteiger partial charge is 0.214 e. The first-order valence-electron chi connectivity index (χ1n) is 2.36. The zero-order valence-electron chi connectivity index (χ0n) is 4.53. The van der Waals surface area contributed by atoms with Gasteiger partial charge in [-0.3, -0.25) is 5.11 Å². The molecule has 43 valence electrons. The average molecular weight is 119 g/mol. The third-order valence-electron chi connectivity index (χ3n) is 0.877. The SMILES string of the molecule is N#Cc1ncccc1[O]. The van der Waals surface area contributed by atoms with Gasteiger partial charge in [0.25, 0.3) is 0 Å². The van der Waals surface area contributed by atoms with Crippen LogP contribution in [0.2, 0.25) is 0 Å². The zero-order chi connectivity index (χ0) is 6.69. The van der Waals surface area contributed by atoms with Crippen molar-refractivity contribution in [1.82, 2.24) is 4.98 Å². The van der Waals surface area contributed by atoms with Gasteiger partial charge in [0.1, 0.15) is 6.07 Å². The molecule has 0 spiro atoms. The molecule has 0 fully saturated rings. The molecule has 0 N–H and O–H groups in total. The first-order valence-corrected chi connectivity index (χ1v) is 2.36. The number of hydrogen-bond donors (Lipinski definition) is 0. The highest BCUT2D eigenvalue weighted by atomic mass is 16.3. The number of nitriles is 1. The van der Waals surface area contributed by atoms with Crippen LogP contribution >= 0.6 is 0 Å². The summed E-state index contributed by atoms with van der Waals surface area (Å²) >= 11 is 0. The Balaban J connectivity index is 3.20. The number of nitrogens with zero attached hydrogens (tertiary/aromatic N) is 2. The van der Waals surface area contributed by atoms with Gasteiger partial charge in [-0.2, -0.15) is 5.26 Å². The second kappa shape index (κ2) is 2.14. The molecule has 0 saturated heterocycles. The minimum absolute atomic E-state index is 0.0440. The lowest BCUT2D eigenvalue weighted by atomic mass is 10.3. The van der Waals surface area contributed by atoms with Crippen molar-refractivity contribution in [3.8, 4) is 11.8 Å². The van der Waals surface area contributed by atoms with Crippen LogP contribution in [-0.4, -0.2) is 4.98 Å². The lowest BCUT2D eigenvalue weighted by molar-refractivity contribution is 0.351. The Hall–Kier alpha value is -1.56. The van der Waals surface area contributed by atoms with E-state index in [-0.39, 0.29) is 11.4 Å². The summed E-state index contributed by atoms with van der Waals surface area (Å²) in [5, 5.41) is 18.8. The van der Waals surface area contributed by atoms with E-state index in [9.17, 15) is 5.11 Å². The second-order valence-electron chi connectivity index (χ2n) is 1.46. The van der Waals surface area contributed by atoms with E-state index in [0.29, 0.717) is 0 Å². The van der Waals surface area contributed by atoms with Crippen LogP contribution in [-0.2, 0) is 5.11 Å². The second-order valence-corrected chi connectivity index (χ2v) is 1.46. The van der Waals surface area contributed by atoms with E-state index in [1.807, 2.05) is 0 Å². The van der Waals surface area contributed by atoms with Crippen LogP contribution in [0, 0.1) is 11.3 Å². The van der Waals surface area contributed by atoms with Crippen molar-refractivity contribution in [1.29, 1.82) is 5.26 Å². The molecule has 0 atom stereocenters. The van der Waals surface area contributed by atoms with Gasteiger partial charge in [0.2, 0.25) is 5.75 Å². The van der Waals surface area contributed by atoms with Gasteiger partial charge in [0, 0.05) is 6.20 Å². The standard InChI is InChI=1S/C6H3N2O/c7-4-5-6(9)2-1-3-8-5/h1-3H. The summed E-state index contributed by atoms with van der Waals surface area (Å²) in [6, 6.07) is 4.49. The van der Waals surface area contributed by atoms with Crippen LogP contribution in [0.25, 0.3) is 0 Å². The molecule has 0 saturated carbocycles. The fourth-order valence-electron chi connectivity index (χ4n) is 0.475. The van der Waals surface area contributed by atoms with Crippen molar-refractivity contribution in [3.05, 3.63) is 24.0 Å². The summed E-state index contributed by atoms with van der Waals surface area (Å²) in [6.45, 7) is 0. The first-order chi connectivity index (χ1) is 4.34. The maximum absolute atomic E-state index is 10.6. The van der Waals surface area contributed by atoms with Crippen molar-refractivity contribution in [2.45, 2.75) is 0 Å². The number of aromatic nitrogens is 1. The summed E-state index contributed by atoms with van der Waals surface area (Å²) in [4.78, 5) is 3.52. The van der Waals surface area contributed by atoms with E-state index >= 15 is 0 Å². The van der Waals surface area contributed by atoms with Crippen molar-refractivity contribution in [3.63, 3.8) is 0 Å². The van der Waals surface area contributed by atoms with Crippen molar-refractivity contribution >= 4 is 0 Å². The monoisotopic (exact) mass is 119 g/mol. The predicted octanol–water partition coefficient (Wildman–Crippen LogP) is 1.10. The Kier molecular flexibility index (Phi) is 1.32. The fourth-order valence-corrected chi connectivity index (χ4v) is 0.475. The van der Waals surface area contributed by atoms with Gasteiger partial charge in [0.05, 0.1) is 0 Å². The Morgan fingerprint density at radius 2 is 2.44 bits per heavy atom. The normalized spacial score (nSPS) is 8.33. The molecule has 1 radical (unpaired) electrons. The first kappa shape index (κ1) is 5.57. The van der Waals surface area contributed by atoms with Crippen molar-refractivity contribution in [2.75, 3.05) is 0 Å². The Bertz CT molecular complexity index is 251. The van der Waals surface area contributed by atoms with Crippen LogP contribution in [0.3, 0.4) is 0 Å². The van der Waals surface area contributed by atoms with Gasteiger partial charge < -0.3 is 0 Å². The predicted molar refractivity (Wildman–Crippen MR) is 29.1 cm³/mol. The van der Waals surface area contributed by atoms with Gasteiger partial charge in [-0.15, -0.1) is 0 Å². The average Bonchev–Trinajstić information content (AvgIpc) is 1.89. The minimum Gasteiger partial charge on any atom is -0.287 e. The molecule has 3 heteroatoms. The van der Waals surface area contributed by atoms with E-state index < -0.39 is 0 Å². The molecular weight excluding hydrogens is 116 g/mol. The molecule has 1 heterocycles. The summed E-state index contributed by atoms with van der Waals surface area (Å²) < 4.78 is 0. The number of pyridine rings is 1. The van der Waals surface area contributed by atoms with E-state index in [2.05, 4.69) is 4.98 Å². The third-order valence-corrected chi connectivity index (χ3v) is 0.877. The zero-order valence-corrected chi connectivity index (χ0v) is 4.53. The molecule has 3 nitrogen and oxygen atoms in total. The van der Waals surface area contributed by atoms with Gasteiger partial charge in [0.15, 0.2) is 5.69 Å². The summed E-state index contributed by atoms with van der Waals surface area (Å²) in [6.07, 6.45) is 1.42. The molecule has 0 aliphatic carbocycles. The number of hydrogen-bond acceptors (Lipinski definition) is 2. The molecule has 0 aromatic carbocycles. The summed E-state index contributed by atoms with van der Waals surface area (Å²) in [7, 11) is 0. The lowest BCUT2D eigenvalue weighted by Crippen LogP contribution is -1.78. The maximum atomic E-state index is 10.6. The van der Waals surface area contributed by atoms with E-state index in [0.717, 1.165) is 0 Å². The van der Waals surface area contributed by atoms with Gasteiger partial charge in [-0.05, 0) is 12.1 Å². The van der Waals surface area contributed by atoms with Crippen LogP contribution in [0.5, 0.6) is 5.75 Å². The minimum atomic E-state index is -0.319. The fraction of sp³-hybridized carbons (Fsp3) is 0. The largest absolute Gasteiger partial charge is 0.287 e. The molecule has 0 aliphatic rings. The van der Waals surface area contributed by atoms with E-state index in [4.69, 9.17) is 5.26 Å². The molecule has 1 rings (SSSR count). The molecule has 1 aromatic rings. The van der Waals surface area contributed by atoms with Gasteiger partial charge in [-0.25, -0.2) is 4.98 Å². The van der Waals surface area contributed by atoms with E-state index in [1.54, 1.807) is 6.07 Å². The summed E-state index contributed by atoms with van der Waals surface area (Å²) in [5.41, 5.74) is -0.0440. The number of rotatable bonds is 0. The molecule has 0 amide bonds. The van der Waals surface area contributed by atoms with Crippen LogP contribution in [0.15, 0.2) is 18.3 Å². The molecule has 1 aromatic heterocycles. The molecular formula is C6H3N2O. The highest BCUT2D eigenvalue weighted by Gasteiger charge is 1.98. The maximum Gasteiger partial charge on any atom is 0.214 e. The molecule has 0 unspecified atom stereocenters. The Labute approximate surface area is 52.2 Å². The molecule has 9 heavy (non-hydrogen) atoms. The lowest BCUT2D eigenvalue weighted by Gasteiger charge is -1.85. The van der Waals surface area contributed by atoms with E-state index in [1.165, 1.54) is 18.3 Å². The van der Waals surface area contributed by atoms with Crippen LogP contribution < -0.4 is 0 Å². The Morgan fingerprint density at radius 3 is 2.89 bits per heavy atom. The van der Waals surface area contributed by atoms with Gasteiger partial charge in [-0.1, -0.05) is 0 Å². The third kappa shape index (κ3) is 0.970. The van der Waals surface area contributed by atoms with Crippen LogP contribution in [0.1, 0.15) is 5.69 Å². The highest BCUT2D eigenvalue weighted by molar-refractivity contribution is 5.34. The molecule has 0 aliphatic heterocycles. The summed E-state index contributed by atoms with van der Waals surface area (Å²) in [5.74, 6) is -0.319.